The van der Waals surface area contributed by atoms with E-state index in [1.807, 2.05) is 6.07 Å². The second kappa shape index (κ2) is 7.48. The van der Waals surface area contributed by atoms with Crippen molar-refractivity contribution in [1.82, 2.24) is 10.3 Å². The maximum absolute atomic E-state index is 12.0. The average Bonchev–Trinajstić information content (AvgIpc) is 2.97. The first-order chi connectivity index (χ1) is 10.8. The van der Waals surface area contributed by atoms with Crippen molar-refractivity contribution in [3.8, 4) is 0 Å². The van der Waals surface area contributed by atoms with Gasteiger partial charge in [0, 0.05) is 30.1 Å². The predicted molar refractivity (Wildman–Crippen MR) is 90.8 cm³/mol. The van der Waals surface area contributed by atoms with E-state index in [2.05, 4.69) is 34.7 Å². The van der Waals surface area contributed by atoms with Gasteiger partial charge in [0.2, 0.25) is 5.91 Å². The van der Waals surface area contributed by atoms with E-state index in [-0.39, 0.29) is 5.91 Å². The third kappa shape index (κ3) is 3.90. The lowest BCUT2D eigenvalue weighted by Gasteiger charge is -2.20. The monoisotopic (exact) mass is 298 g/mol. The zero-order valence-corrected chi connectivity index (χ0v) is 13.2. The van der Waals surface area contributed by atoms with E-state index >= 15 is 0 Å². The molecular weight excluding hydrogens is 272 g/mol. The molecule has 1 aromatic heterocycles. The number of nitrogens with one attached hydrogen (secondary N) is 2. The molecule has 22 heavy (non-hydrogen) atoms. The fourth-order valence-electron chi connectivity index (χ4n) is 3.57. The summed E-state index contributed by atoms with van der Waals surface area (Å²) >= 11 is 0. The molecule has 1 amide bonds. The summed E-state index contributed by atoms with van der Waals surface area (Å²) in [5, 5.41) is 4.34. The van der Waals surface area contributed by atoms with E-state index in [0.29, 0.717) is 6.42 Å². The summed E-state index contributed by atoms with van der Waals surface area (Å²) in [6.07, 6.45) is 11.4. The normalized spacial score (nSPS) is 16.0. The molecule has 3 nitrogen and oxygen atoms in total. The summed E-state index contributed by atoms with van der Waals surface area (Å²) in [5.41, 5.74) is 2.45. The zero-order valence-electron chi connectivity index (χ0n) is 13.2. The number of rotatable bonds is 6. The largest absolute Gasteiger partial charge is 0.361 e. The van der Waals surface area contributed by atoms with Gasteiger partial charge in [-0.25, -0.2) is 0 Å². The van der Waals surface area contributed by atoms with Crippen LogP contribution in [-0.2, 0) is 11.2 Å². The first-order valence-electron chi connectivity index (χ1n) is 8.64. The molecule has 3 rings (SSSR count). The number of hydrogen-bond acceptors (Lipinski definition) is 1. The molecule has 0 saturated heterocycles. The Labute approximate surface area is 132 Å². The van der Waals surface area contributed by atoms with Gasteiger partial charge >= 0.3 is 0 Å². The molecule has 2 N–H and O–H groups in total. The lowest BCUT2D eigenvalue weighted by atomic mass is 9.86. The standard InChI is InChI=1S/C19H26N2O/c22-19(11-10-15-6-2-1-3-7-15)20-13-12-16-14-21-18-9-5-4-8-17(16)18/h4-5,8-9,14-15,21H,1-3,6-7,10-13H2,(H,20,22). The number of fused-ring (bicyclic) bond motifs is 1. The van der Waals surface area contributed by atoms with Gasteiger partial charge in [-0.15, -0.1) is 0 Å². The van der Waals surface area contributed by atoms with Crippen molar-refractivity contribution >= 4 is 16.8 Å². The van der Waals surface area contributed by atoms with Crippen molar-refractivity contribution in [2.45, 2.75) is 51.4 Å². The summed E-state index contributed by atoms with van der Waals surface area (Å²) in [7, 11) is 0. The van der Waals surface area contributed by atoms with Gasteiger partial charge in [0.05, 0.1) is 0 Å². The highest BCUT2D eigenvalue weighted by molar-refractivity contribution is 5.83. The highest BCUT2D eigenvalue weighted by atomic mass is 16.1. The number of benzene rings is 1. The van der Waals surface area contributed by atoms with Crippen molar-refractivity contribution in [3.05, 3.63) is 36.0 Å². The van der Waals surface area contributed by atoms with E-state index < -0.39 is 0 Å². The maximum Gasteiger partial charge on any atom is 0.220 e. The number of carbonyl (C=O) groups is 1. The van der Waals surface area contributed by atoms with Crippen molar-refractivity contribution in [2.24, 2.45) is 5.92 Å². The second-order valence-corrected chi connectivity index (χ2v) is 6.50. The molecule has 0 atom stereocenters. The first-order valence-corrected chi connectivity index (χ1v) is 8.64. The zero-order chi connectivity index (χ0) is 15.2. The SMILES string of the molecule is O=C(CCC1CCCCC1)NCCc1c[nH]c2ccccc12. The van der Waals surface area contributed by atoms with Crippen LogP contribution in [-0.4, -0.2) is 17.4 Å². The Balaban J connectivity index is 1.40. The van der Waals surface area contributed by atoms with Crippen LogP contribution in [0.15, 0.2) is 30.5 Å². The van der Waals surface area contributed by atoms with E-state index in [1.54, 1.807) is 0 Å². The van der Waals surface area contributed by atoms with Crippen LogP contribution < -0.4 is 5.32 Å². The Morgan fingerprint density at radius 1 is 1.18 bits per heavy atom. The van der Waals surface area contributed by atoms with Gasteiger partial charge in [0.1, 0.15) is 0 Å². The summed E-state index contributed by atoms with van der Waals surface area (Å²) in [4.78, 5) is 15.2. The Bertz CT molecular complexity index is 611. The number of aromatic nitrogens is 1. The topological polar surface area (TPSA) is 44.9 Å². The molecule has 1 heterocycles. The predicted octanol–water partition coefficient (Wildman–Crippen LogP) is 4.19. The van der Waals surface area contributed by atoms with Crippen LogP contribution in [0.3, 0.4) is 0 Å². The van der Waals surface area contributed by atoms with Crippen molar-refractivity contribution in [2.75, 3.05) is 6.54 Å². The van der Waals surface area contributed by atoms with Gasteiger partial charge in [-0.05, 0) is 30.4 Å². The quantitative estimate of drug-likeness (QED) is 0.825. The maximum atomic E-state index is 12.0. The summed E-state index contributed by atoms with van der Waals surface area (Å²) in [6, 6.07) is 8.31. The lowest BCUT2D eigenvalue weighted by molar-refractivity contribution is -0.121. The molecule has 118 valence electrons. The molecule has 1 aromatic carbocycles. The van der Waals surface area contributed by atoms with E-state index in [4.69, 9.17) is 0 Å². The van der Waals surface area contributed by atoms with Crippen LogP contribution in [0.2, 0.25) is 0 Å². The van der Waals surface area contributed by atoms with Crippen LogP contribution in [0, 0.1) is 5.92 Å². The van der Waals surface area contributed by atoms with Gasteiger partial charge in [0.15, 0.2) is 0 Å². The number of hydrogen-bond donors (Lipinski definition) is 2. The van der Waals surface area contributed by atoms with Crippen molar-refractivity contribution in [1.29, 1.82) is 0 Å². The molecule has 0 bridgehead atoms. The highest BCUT2D eigenvalue weighted by Gasteiger charge is 2.14. The smallest absolute Gasteiger partial charge is 0.220 e. The molecule has 2 aromatic rings. The molecule has 1 aliphatic rings. The fraction of sp³-hybridized carbons (Fsp3) is 0.526. The van der Waals surface area contributed by atoms with E-state index in [0.717, 1.165) is 25.3 Å². The van der Waals surface area contributed by atoms with Gasteiger partial charge < -0.3 is 10.3 Å². The molecule has 1 saturated carbocycles. The minimum atomic E-state index is 0.213. The Hall–Kier alpha value is -1.77. The Morgan fingerprint density at radius 2 is 2.00 bits per heavy atom. The number of carbonyl (C=O) groups excluding carboxylic acids is 1. The molecule has 0 aliphatic heterocycles. The Morgan fingerprint density at radius 3 is 2.86 bits per heavy atom. The van der Waals surface area contributed by atoms with Gasteiger partial charge in [-0.1, -0.05) is 50.3 Å². The summed E-state index contributed by atoms with van der Waals surface area (Å²) < 4.78 is 0. The van der Waals surface area contributed by atoms with Crippen molar-refractivity contribution < 1.29 is 4.79 Å². The fourth-order valence-corrected chi connectivity index (χ4v) is 3.57. The second-order valence-electron chi connectivity index (χ2n) is 6.50. The molecule has 3 heteroatoms. The van der Waals surface area contributed by atoms with Crippen LogP contribution in [0.1, 0.15) is 50.5 Å². The van der Waals surface area contributed by atoms with Gasteiger partial charge in [-0.2, -0.15) is 0 Å². The Kier molecular flexibility index (Phi) is 5.15. The van der Waals surface area contributed by atoms with Crippen molar-refractivity contribution in [3.63, 3.8) is 0 Å². The molecular formula is C19H26N2O. The van der Waals surface area contributed by atoms with E-state index in [9.17, 15) is 4.79 Å². The third-order valence-electron chi connectivity index (χ3n) is 4.90. The number of H-pyrrole nitrogens is 1. The molecule has 0 radical (unpaired) electrons. The molecule has 0 unspecified atom stereocenters. The minimum Gasteiger partial charge on any atom is -0.361 e. The highest BCUT2D eigenvalue weighted by Crippen LogP contribution is 2.27. The van der Waals surface area contributed by atoms with Crippen LogP contribution in [0.5, 0.6) is 0 Å². The summed E-state index contributed by atoms with van der Waals surface area (Å²) in [5.74, 6) is 0.999. The number of amides is 1. The number of aromatic amines is 1. The van der Waals surface area contributed by atoms with Crippen LogP contribution in [0.4, 0.5) is 0 Å². The molecule has 1 fully saturated rings. The van der Waals surface area contributed by atoms with Crippen LogP contribution in [0.25, 0.3) is 10.9 Å². The molecule has 1 aliphatic carbocycles. The van der Waals surface area contributed by atoms with Crippen LogP contribution >= 0.6 is 0 Å². The number of para-hydroxylation sites is 1. The van der Waals surface area contributed by atoms with Gasteiger partial charge in [0.25, 0.3) is 0 Å². The minimum absolute atomic E-state index is 0.213. The van der Waals surface area contributed by atoms with E-state index in [1.165, 1.54) is 48.6 Å². The average molecular weight is 298 g/mol. The van der Waals surface area contributed by atoms with Gasteiger partial charge in [-0.3, -0.25) is 4.79 Å². The lowest BCUT2D eigenvalue weighted by Crippen LogP contribution is -2.26. The summed E-state index contributed by atoms with van der Waals surface area (Å²) in [6.45, 7) is 0.728. The molecule has 0 spiro atoms. The first kappa shape index (κ1) is 15.1. The third-order valence-corrected chi connectivity index (χ3v) is 4.90.